The van der Waals surface area contributed by atoms with E-state index in [2.05, 4.69) is 12.2 Å². The van der Waals surface area contributed by atoms with Gasteiger partial charge < -0.3 is 25.4 Å². The van der Waals surface area contributed by atoms with Gasteiger partial charge in [-0.2, -0.15) is 0 Å². The van der Waals surface area contributed by atoms with Gasteiger partial charge in [0.2, 0.25) is 0 Å². The SMILES string of the molecule is CCCCOCCCNCC(OC(=O)c1cc(C)cc(C(=O)N(CCC)CCC)c1)C(N)Cc1cc(F)cc(F)c1. The minimum Gasteiger partial charge on any atom is -0.456 e. The van der Waals surface area contributed by atoms with Gasteiger partial charge in [-0.05, 0) is 87.0 Å². The van der Waals surface area contributed by atoms with Gasteiger partial charge in [0.25, 0.3) is 5.91 Å². The lowest BCUT2D eigenvalue weighted by molar-refractivity contribution is 0.0237. The summed E-state index contributed by atoms with van der Waals surface area (Å²) in [6, 6.07) is 7.51. The topological polar surface area (TPSA) is 93.9 Å². The van der Waals surface area contributed by atoms with Crippen LogP contribution in [0.5, 0.6) is 0 Å². The van der Waals surface area contributed by atoms with E-state index in [9.17, 15) is 18.4 Å². The highest BCUT2D eigenvalue weighted by Gasteiger charge is 2.25. The van der Waals surface area contributed by atoms with Crippen molar-refractivity contribution in [2.75, 3.05) is 39.4 Å². The maximum atomic E-state index is 13.8. The number of nitrogens with zero attached hydrogens (tertiary/aromatic N) is 1. The van der Waals surface area contributed by atoms with Crippen molar-refractivity contribution in [3.8, 4) is 0 Å². The van der Waals surface area contributed by atoms with Crippen molar-refractivity contribution in [1.82, 2.24) is 10.2 Å². The van der Waals surface area contributed by atoms with E-state index >= 15 is 0 Å². The Kier molecular flexibility index (Phi) is 15.5. The van der Waals surface area contributed by atoms with Crippen LogP contribution in [0.3, 0.4) is 0 Å². The van der Waals surface area contributed by atoms with Crippen LogP contribution >= 0.6 is 0 Å². The second kappa shape index (κ2) is 18.5. The number of carbonyl (C=O) groups excluding carboxylic acids is 2. The van der Waals surface area contributed by atoms with Gasteiger partial charge in [-0.3, -0.25) is 4.79 Å². The highest BCUT2D eigenvalue weighted by molar-refractivity contribution is 5.98. The molecule has 0 fully saturated rings. The summed E-state index contributed by atoms with van der Waals surface area (Å²) in [7, 11) is 0. The first-order chi connectivity index (χ1) is 19.7. The number of hydrogen-bond donors (Lipinski definition) is 2. The molecule has 41 heavy (non-hydrogen) atoms. The number of unbranched alkanes of at least 4 members (excludes halogenated alkanes) is 1. The lowest BCUT2D eigenvalue weighted by atomic mass is 10.0. The molecule has 7 nitrogen and oxygen atoms in total. The van der Waals surface area contributed by atoms with Crippen molar-refractivity contribution in [3.05, 3.63) is 70.3 Å². The number of halogens is 2. The van der Waals surface area contributed by atoms with Crippen molar-refractivity contribution in [3.63, 3.8) is 0 Å². The smallest absolute Gasteiger partial charge is 0.338 e. The summed E-state index contributed by atoms with van der Waals surface area (Å²) < 4.78 is 39.0. The molecule has 0 spiro atoms. The van der Waals surface area contributed by atoms with E-state index in [0.29, 0.717) is 37.4 Å². The Bertz CT molecular complexity index is 1070. The Morgan fingerprint density at radius 3 is 2.17 bits per heavy atom. The van der Waals surface area contributed by atoms with Crippen LogP contribution in [0.1, 0.15) is 84.7 Å². The predicted molar refractivity (Wildman–Crippen MR) is 158 cm³/mol. The average molecular weight is 576 g/mol. The van der Waals surface area contributed by atoms with E-state index in [4.69, 9.17) is 15.2 Å². The molecular weight excluding hydrogens is 528 g/mol. The van der Waals surface area contributed by atoms with Crippen LogP contribution in [0.25, 0.3) is 0 Å². The van der Waals surface area contributed by atoms with Crippen LogP contribution in [-0.4, -0.2) is 68.3 Å². The standard InChI is InChI=1S/C32H47F2N3O4/c1-5-8-13-40-14-9-10-36-22-30(29(35)19-24-17-27(33)21-28(34)18-24)41-32(39)26-16-23(4)15-25(20-26)31(38)37(11-6-2)12-7-3/h15-18,20-21,29-30,36H,5-14,19,22,35H2,1-4H3. The first kappa shape index (κ1) is 34.3. The number of rotatable bonds is 19. The summed E-state index contributed by atoms with van der Waals surface area (Å²) in [5.41, 5.74) is 8.24. The van der Waals surface area contributed by atoms with Crippen LogP contribution in [0.15, 0.2) is 36.4 Å². The minimum absolute atomic E-state index is 0.106. The summed E-state index contributed by atoms with van der Waals surface area (Å²) in [6.45, 7) is 11.4. The summed E-state index contributed by atoms with van der Waals surface area (Å²) in [6.07, 6.45) is 3.84. The molecule has 0 aliphatic heterocycles. The molecule has 0 aromatic heterocycles. The van der Waals surface area contributed by atoms with E-state index in [-0.39, 0.29) is 24.4 Å². The number of amides is 1. The first-order valence-electron chi connectivity index (χ1n) is 14.8. The first-order valence-corrected chi connectivity index (χ1v) is 14.8. The van der Waals surface area contributed by atoms with E-state index in [0.717, 1.165) is 50.3 Å². The van der Waals surface area contributed by atoms with E-state index in [1.807, 2.05) is 20.8 Å². The maximum absolute atomic E-state index is 13.8. The van der Waals surface area contributed by atoms with Gasteiger partial charge in [0, 0.05) is 50.5 Å². The molecule has 0 radical (unpaired) electrons. The number of aryl methyl sites for hydroxylation is 1. The molecule has 2 aromatic rings. The number of esters is 1. The fourth-order valence-electron chi connectivity index (χ4n) is 4.57. The molecule has 2 aromatic carbocycles. The van der Waals surface area contributed by atoms with Gasteiger partial charge in [0.1, 0.15) is 17.7 Å². The Morgan fingerprint density at radius 2 is 1.54 bits per heavy atom. The van der Waals surface area contributed by atoms with Crippen LogP contribution in [-0.2, 0) is 15.9 Å². The predicted octanol–water partition coefficient (Wildman–Crippen LogP) is 5.43. The highest BCUT2D eigenvalue weighted by atomic mass is 19.1. The lowest BCUT2D eigenvalue weighted by Gasteiger charge is -2.25. The van der Waals surface area contributed by atoms with Gasteiger partial charge in [-0.1, -0.05) is 27.2 Å². The quantitative estimate of drug-likeness (QED) is 0.172. The fourth-order valence-corrected chi connectivity index (χ4v) is 4.57. The van der Waals surface area contributed by atoms with E-state index in [1.165, 1.54) is 12.1 Å². The summed E-state index contributed by atoms with van der Waals surface area (Å²) >= 11 is 0. The Hall–Kier alpha value is -2.88. The molecule has 0 bridgehead atoms. The van der Waals surface area contributed by atoms with Crippen LogP contribution in [0.4, 0.5) is 8.78 Å². The van der Waals surface area contributed by atoms with Crippen LogP contribution in [0.2, 0.25) is 0 Å². The molecule has 2 unspecified atom stereocenters. The molecule has 0 aliphatic rings. The molecule has 0 saturated heterocycles. The number of carbonyl (C=O) groups is 2. The van der Waals surface area contributed by atoms with Gasteiger partial charge >= 0.3 is 5.97 Å². The summed E-state index contributed by atoms with van der Waals surface area (Å²) in [5.74, 6) is -2.13. The molecule has 9 heteroatoms. The zero-order valence-corrected chi connectivity index (χ0v) is 25.0. The molecule has 3 N–H and O–H groups in total. The van der Waals surface area contributed by atoms with Crippen molar-refractivity contribution < 1.29 is 27.8 Å². The third kappa shape index (κ3) is 12.3. The summed E-state index contributed by atoms with van der Waals surface area (Å²) in [4.78, 5) is 28.3. The molecule has 0 aliphatic carbocycles. The lowest BCUT2D eigenvalue weighted by Crippen LogP contribution is -2.46. The number of ether oxygens (including phenoxy) is 2. The number of nitrogens with two attached hydrogens (primary N) is 1. The van der Waals surface area contributed by atoms with Gasteiger partial charge in [0.05, 0.1) is 5.56 Å². The Labute approximate surface area is 243 Å². The third-order valence-corrected chi connectivity index (χ3v) is 6.59. The van der Waals surface area contributed by atoms with Gasteiger partial charge in [-0.25, -0.2) is 13.6 Å². The van der Waals surface area contributed by atoms with Gasteiger partial charge in [0.15, 0.2) is 0 Å². The monoisotopic (exact) mass is 575 g/mol. The second-order valence-corrected chi connectivity index (χ2v) is 10.5. The highest BCUT2D eigenvalue weighted by Crippen LogP contribution is 2.17. The van der Waals surface area contributed by atoms with Crippen LogP contribution < -0.4 is 11.1 Å². The normalized spacial score (nSPS) is 12.7. The molecular formula is C32H47F2N3O4. The minimum atomic E-state index is -0.786. The molecule has 2 rings (SSSR count). The zero-order chi connectivity index (χ0) is 30.2. The van der Waals surface area contributed by atoms with Gasteiger partial charge in [-0.15, -0.1) is 0 Å². The second-order valence-electron chi connectivity index (χ2n) is 10.5. The Morgan fingerprint density at radius 1 is 0.902 bits per heavy atom. The molecule has 2 atom stereocenters. The van der Waals surface area contributed by atoms with Crippen molar-refractivity contribution in [2.24, 2.45) is 5.73 Å². The fraction of sp³-hybridized carbons (Fsp3) is 0.562. The van der Waals surface area contributed by atoms with E-state index in [1.54, 1.807) is 23.1 Å². The van der Waals surface area contributed by atoms with Crippen LogP contribution in [0, 0.1) is 18.6 Å². The molecule has 0 saturated carbocycles. The van der Waals surface area contributed by atoms with E-state index < -0.39 is 29.7 Å². The molecule has 1 amide bonds. The number of hydrogen-bond acceptors (Lipinski definition) is 6. The zero-order valence-electron chi connectivity index (χ0n) is 25.0. The van der Waals surface area contributed by atoms with Crippen molar-refractivity contribution in [1.29, 1.82) is 0 Å². The largest absolute Gasteiger partial charge is 0.456 e. The summed E-state index contributed by atoms with van der Waals surface area (Å²) in [5, 5.41) is 3.26. The molecule has 0 heterocycles. The van der Waals surface area contributed by atoms with Crippen molar-refractivity contribution in [2.45, 2.75) is 78.4 Å². The molecule has 228 valence electrons. The third-order valence-electron chi connectivity index (χ3n) is 6.59. The number of benzene rings is 2. The van der Waals surface area contributed by atoms with Crippen molar-refractivity contribution >= 4 is 11.9 Å². The Balaban J connectivity index is 2.16. The average Bonchev–Trinajstić information content (AvgIpc) is 2.92. The maximum Gasteiger partial charge on any atom is 0.338 e. The number of nitrogens with one attached hydrogen (secondary N) is 1.